The van der Waals surface area contributed by atoms with Crippen LogP contribution in [0.1, 0.15) is 90.7 Å². The number of hydrogen-bond acceptors (Lipinski definition) is 1. The third-order valence-electron chi connectivity index (χ3n) is 5.48. The number of rotatable bonds is 14. The highest BCUT2D eigenvalue weighted by atomic mass is 14.9. The molecule has 0 bridgehead atoms. The van der Waals surface area contributed by atoms with Crippen molar-refractivity contribution in [3.63, 3.8) is 0 Å². The van der Waals surface area contributed by atoms with Crippen molar-refractivity contribution in [1.29, 1.82) is 0 Å². The van der Waals surface area contributed by atoms with E-state index in [-0.39, 0.29) is 0 Å². The highest BCUT2D eigenvalue weighted by Gasteiger charge is 2.08. The van der Waals surface area contributed by atoms with E-state index in [0.717, 1.165) is 22.5 Å². The molecule has 0 radical (unpaired) electrons. The van der Waals surface area contributed by atoms with E-state index >= 15 is 0 Å². The van der Waals surface area contributed by atoms with Crippen LogP contribution in [-0.2, 0) is 6.42 Å². The third kappa shape index (κ3) is 9.83. The number of unbranched alkanes of at least 4 members (excludes halogenated alkanes) is 4. The van der Waals surface area contributed by atoms with Crippen LogP contribution in [0, 0.1) is 5.92 Å². The van der Waals surface area contributed by atoms with Gasteiger partial charge in [-0.25, -0.2) is 0 Å². The zero-order valence-electron chi connectivity index (χ0n) is 19.6. The monoisotopic (exact) mass is 393 g/mol. The molecule has 0 aliphatic carbocycles. The lowest BCUT2D eigenvalue weighted by Crippen LogP contribution is -2.08. The van der Waals surface area contributed by atoms with Gasteiger partial charge in [0.05, 0.1) is 0 Å². The Morgan fingerprint density at radius 3 is 2.17 bits per heavy atom. The van der Waals surface area contributed by atoms with Gasteiger partial charge in [0.1, 0.15) is 0 Å². The van der Waals surface area contributed by atoms with Crippen LogP contribution in [-0.4, -0.2) is 0 Å². The maximum absolute atomic E-state index is 4.23. The van der Waals surface area contributed by atoms with E-state index < -0.39 is 0 Å². The van der Waals surface area contributed by atoms with Gasteiger partial charge in [0.15, 0.2) is 0 Å². The van der Waals surface area contributed by atoms with E-state index in [1.807, 2.05) is 0 Å². The molecular formula is C28H43N. The van der Waals surface area contributed by atoms with Gasteiger partial charge in [0.2, 0.25) is 0 Å². The molecule has 0 spiro atoms. The predicted molar refractivity (Wildman–Crippen MR) is 132 cm³/mol. The Morgan fingerprint density at radius 2 is 1.59 bits per heavy atom. The number of aryl methyl sites for hydroxylation is 1. The summed E-state index contributed by atoms with van der Waals surface area (Å²) in [5.74, 6) is 0.541. The van der Waals surface area contributed by atoms with Crippen molar-refractivity contribution in [3.05, 3.63) is 77.5 Å². The van der Waals surface area contributed by atoms with Crippen LogP contribution >= 0.6 is 0 Å². The Kier molecular flexibility index (Phi) is 12.1. The molecule has 160 valence electrons. The summed E-state index contributed by atoms with van der Waals surface area (Å²) in [6.07, 6.45) is 14.6. The van der Waals surface area contributed by atoms with E-state index in [4.69, 9.17) is 0 Å². The van der Waals surface area contributed by atoms with E-state index in [1.165, 1.54) is 62.5 Å². The van der Waals surface area contributed by atoms with Crippen LogP contribution in [0.4, 0.5) is 0 Å². The standard InChI is InChI=1S/C28H43N/c1-8-10-11-12-13-15-26-17-19-27(20-18-26)25(7)29-24(6)16-21-28(22(3)4)23(5)14-9-2/h16-21,23,29H,3,7-15H2,1-2,4-6H3/b24-16+,28-21-. The summed E-state index contributed by atoms with van der Waals surface area (Å²) in [6.45, 7) is 19.3. The molecule has 1 rings (SSSR count). The Labute approximate surface area is 180 Å². The molecule has 0 fully saturated rings. The molecule has 1 heteroatoms. The molecule has 0 aliphatic rings. The van der Waals surface area contributed by atoms with Crippen LogP contribution in [0.25, 0.3) is 5.70 Å². The molecule has 0 heterocycles. The summed E-state index contributed by atoms with van der Waals surface area (Å²) in [5.41, 5.74) is 7.10. The normalized spacial score (nSPS) is 13.3. The molecule has 1 unspecified atom stereocenters. The lowest BCUT2D eigenvalue weighted by molar-refractivity contribution is 0.607. The van der Waals surface area contributed by atoms with Crippen LogP contribution in [0.5, 0.6) is 0 Å². The molecular weight excluding hydrogens is 350 g/mol. The van der Waals surface area contributed by atoms with E-state index in [9.17, 15) is 0 Å². The number of nitrogens with one attached hydrogen (secondary N) is 1. The second-order valence-corrected chi connectivity index (χ2v) is 8.41. The average Bonchev–Trinajstić information content (AvgIpc) is 2.68. The van der Waals surface area contributed by atoms with Crippen molar-refractivity contribution in [2.75, 3.05) is 0 Å². The fourth-order valence-corrected chi connectivity index (χ4v) is 3.69. The van der Waals surface area contributed by atoms with Gasteiger partial charge < -0.3 is 5.32 Å². The second-order valence-electron chi connectivity index (χ2n) is 8.41. The minimum Gasteiger partial charge on any atom is -0.359 e. The molecule has 0 saturated heterocycles. The first-order valence-electron chi connectivity index (χ1n) is 11.5. The zero-order valence-corrected chi connectivity index (χ0v) is 19.6. The fraction of sp³-hybridized carbons (Fsp3) is 0.500. The summed E-state index contributed by atoms with van der Waals surface area (Å²) < 4.78 is 0. The molecule has 0 saturated carbocycles. The largest absolute Gasteiger partial charge is 0.359 e. The smallest absolute Gasteiger partial charge is 0.0382 e. The van der Waals surface area contributed by atoms with Crippen LogP contribution in [0.15, 0.2) is 66.4 Å². The van der Waals surface area contributed by atoms with E-state index in [0.29, 0.717) is 5.92 Å². The summed E-state index contributed by atoms with van der Waals surface area (Å²) in [7, 11) is 0. The van der Waals surface area contributed by atoms with Gasteiger partial charge in [-0.15, -0.1) is 0 Å². The molecule has 1 aromatic carbocycles. The molecule has 29 heavy (non-hydrogen) atoms. The molecule has 0 aliphatic heterocycles. The lowest BCUT2D eigenvalue weighted by atomic mass is 9.91. The topological polar surface area (TPSA) is 12.0 Å². The van der Waals surface area contributed by atoms with Crippen LogP contribution in [0.2, 0.25) is 0 Å². The van der Waals surface area contributed by atoms with Crippen LogP contribution in [0.3, 0.4) is 0 Å². The van der Waals surface area contributed by atoms with Gasteiger partial charge in [-0.1, -0.05) is 102 Å². The van der Waals surface area contributed by atoms with E-state index in [1.54, 1.807) is 0 Å². The van der Waals surface area contributed by atoms with Crippen molar-refractivity contribution in [2.24, 2.45) is 5.92 Å². The van der Waals surface area contributed by atoms with E-state index in [2.05, 4.69) is 89.5 Å². The maximum atomic E-state index is 4.23. The van der Waals surface area contributed by atoms with Gasteiger partial charge in [-0.05, 0) is 61.8 Å². The molecule has 1 nitrogen and oxygen atoms in total. The second kappa shape index (κ2) is 14.0. The van der Waals surface area contributed by atoms with Gasteiger partial charge in [-0.2, -0.15) is 0 Å². The molecule has 1 N–H and O–H groups in total. The van der Waals surface area contributed by atoms with Crippen LogP contribution < -0.4 is 5.32 Å². The van der Waals surface area contributed by atoms with Gasteiger partial charge >= 0.3 is 0 Å². The quantitative estimate of drug-likeness (QED) is 0.246. The third-order valence-corrected chi connectivity index (χ3v) is 5.48. The minimum absolute atomic E-state index is 0.541. The lowest BCUT2D eigenvalue weighted by Gasteiger charge is -2.15. The first kappa shape index (κ1) is 25.0. The fourth-order valence-electron chi connectivity index (χ4n) is 3.69. The van der Waals surface area contributed by atoms with Crippen molar-refractivity contribution in [1.82, 2.24) is 5.32 Å². The first-order valence-corrected chi connectivity index (χ1v) is 11.5. The Hall–Kier alpha value is -2.02. The Morgan fingerprint density at radius 1 is 0.931 bits per heavy atom. The van der Waals surface area contributed by atoms with Gasteiger partial charge in [-0.3, -0.25) is 0 Å². The average molecular weight is 394 g/mol. The molecule has 0 aromatic heterocycles. The highest BCUT2D eigenvalue weighted by molar-refractivity contribution is 5.63. The van der Waals surface area contributed by atoms with Crippen molar-refractivity contribution < 1.29 is 0 Å². The van der Waals surface area contributed by atoms with Crippen molar-refractivity contribution in [3.8, 4) is 0 Å². The molecule has 1 aromatic rings. The first-order chi connectivity index (χ1) is 13.9. The Bertz CT molecular complexity index is 688. The summed E-state index contributed by atoms with van der Waals surface area (Å²) in [4.78, 5) is 0. The summed E-state index contributed by atoms with van der Waals surface area (Å²) in [5, 5.41) is 3.44. The van der Waals surface area contributed by atoms with Gasteiger partial charge in [0, 0.05) is 11.4 Å². The number of hydrogen-bond donors (Lipinski definition) is 1. The molecule has 1 atom stereocenters. The SMILES string of the molecule is C=C(C)/C(=C/C=C(\C)NC(=C)c1ccc(CCCCCCC)cc1)C(C)CCC. The predicted octanol–water partition coefficient (Wildman–Crippen LogP) is 8.60. The Balaban J connectivity index is 2.64. The van der Waals surface area contributed by atoms with Crippen molar-refractivity contribution in [2.45, 2.75) is 86.0 Å². The minimum atomic E-state index is 0.541. The van der Waals surface area contributed by atoms with Gasteiger partial charge in [0.25, 0.3) is 0 Å². The maximum Gasteiger partial charge on any atom is 0.0382 e. The molecule has 0 amide bonds. The number of allylic oxidation sites excluding steroid dienone is 5. The summed E-state index contributed by atoms with van der Waals surface area (Å²) in [6, 6.07) is 8.85. The highest BCUT2D eigenvalue weighted by Crippen LogP contribution is 2.23. The number of benzene rings is 1. The van der Waals surface area contributed by atoms with Crippen molar-refractivity contribution >= 4 is 5.70 Å². The summed E-state index contributed by atoms with van der Waals surface area (Å²) >= 11 is 0. The zero-order chi connectivity index (χ0) is 21.6.